The molecule has 0 heterocycles. The van der Waals surface area contributed by atoms with Crippen LogP contribution in [-0.2, 0) is 0 Å². The van der Waals surface area contributed by atoms with Crippen LogP contribution in [0.5, 0.6) is 0 Å². The highest BCUT2D eigenvalue weighted by Gasteiger charge is 2.20. The highest BCUT2D eigenvalue weighted by molar-refractivity contribution is 9.09. The third kappa shape index (κ3) is 3.59. The van der Waals surface area contributed by atoms with Gasteiger partial charge in [-0.2, -0.15) is 0 Å². The summed E-state index contributed by atoms with van der Waals surface area (Å²) in [7, 11) is 0. The molecule has 0 amide bonds. The van der Waals surface area contributed by atoms with Gasteiger partial charge in [0.15, 0.2) is 0 Å². The van der Waals surface area contributed by atoms with Gasteiger partial charge < -0.3 is 0 Å². The van der Waals surface area contributed by atoms with Crippen molar-refractivity contribution in [1.29, 1.82) is 0 Å². The van der Waals surface area contributed by atoms with Gasteiger partial charge in [-0.05, 0) is 31.1 Å². The zero-order valence-corrected chi connectivity index (χ0v) is 9.23. The summed E-state index contributed by atoms with van der Waals surface area (Å²) in [6.45, 7) is 4.66. The van der Waals surface area contributed by atoms with E-state index in [1.54, 1.807) is 0 Å². The number of hydrogen-bond donors (Lipinski definition) is 0. The minimum Gasteiger partial charge on any atom is -0.0891 e. The predicted molar refractivity (Wildman–Crippen MR) is 54.1 cm³/mol. The molecule has 0 aliphatic heterocycles. The van der Waals surface area contributed by atoms with E-state index >= 15 is 0 Å². The molecule has 1 aliphatic carbocycles. The van der Waals surface area contributed by atoms with Crippen molar-refractivity contribution in [3.63, 3.8) is 0 Å². The first-order chi connectivity index (χ1) is 5.18. The van der Waals surface area contributed by atoms with Crippen molar-refractivity contribution in [2.24, 2.45) is 11.8 Å². The van der Waals surface area contributed by atoms with Crippen molar-refractivity contribution >= 4 is 15.9 Å². The fraction of sp³-hybridized carbons (Fsp3) is 1.00. The van der Waals surface area contributed by atoms with E-state index in [9.17, 15) is 0 Å². The molecular weight excluding hydrogens is 200 g/mol. The van der Waals surface area contributed by atoms with Crippen LogP contribution in [0.4, 0.5) is 0 Å². The Kier molecular flexibility index (Phi) is 3.91. The number of alkyl halides is 1. The molecule has 0 aromatic carbocycles. The van der Waals surface area contributed by atoms with E-state index in [-0.39, 0.29) is 0 Å². The Hall–Kier alpha value is 0.480. The lowest BCUT2D eigenvalue weighted by Gasteiger charge is -2.26. The fourth-order valence-corrected chi connectivity index (χ4v) is 2.96. The van der Waals surface area contributed by atoms with Crippen LogP contribution in [-0.4, -0.2) is 4.83 Å². The second kappa shape index (κ2) is 4.49. The number of rotatable bonds is 2. The van der Waals surface area contributed by atoms with Gasteiger partial charge in [-0.3, -0.25) is 0 Å². The molecule has 2 unspecified atom stereocenters. The van der Waals surface area contributed by atoms with E-state index in [0.717, 1.165) is 16.7 Å². The van der Waals surface area contributed by atoms with Crippen LogP contribution < -0.4 is 0 Å². The standard InChI is InChI=1S/C10H19Br/c1-8(2)6-9-4-3-5-10(11)7-9/h8-10H,3-7H2,1-2H3. The fourth-order valence-electron chi connectivity index (χ4n) is 2.11. The molecule has 1 aliphatic rings. The van der Waals surface area contributed by atoms with Crippen LogP contribution >= 0.6 is 15.9 Å². The van der Waals surface area contributed by atoms with Crippen LogP contribution in [0.15, 0.2) is 0 Å². The van der Waals surface area contributed by atoms with E-state index in [1.807, 2.05) is 0 Å². The normalized spacial score (nSPS) is 32.7. The summed E-state index contributed by atoms with van der Waals surface area (Å²) in [6, 6.07) is 0. The van der Waals surface area contributed by atoms with Gasteiger partial charge in [0.2, 0.25) is 0 Å². The largest absolute Gasteiger partial charge is 0.0891 e. The SMILES string of the molecule is CC(C)CC1CCCC(Br)C1. The van der Waals surface area contributed by atoms with Crippen LogP contribution in [0.3, 0.4) is 0 Å². The molecule has 2 atom stereocenters. The third-order valence-electron chi connectivity index (χ3n) is 2.52. The maximum absolute atomic E-state index is 3.72. The Balaban J connectivity index is 2.23. The summed E-state index contributed by atoms with van der Waals surface area (Å²) in [4.78, 5) is 0.819. The van der Waals surface area contributed by atoms with Gasteiger partial charge in [0.1, 0.15) is 0 Å². The zero-order chi connectivity index (χ0) is 8.27. The van der Waals surface area contributed by atoms with E-state index in [0.29, 0.717) is 0 Å². The third-order valence-corrected chi connectivity index (χ3v) is 3.36. The average Bonchev–Trinajstić information content (AvgIpc) is 1.85. The molecule has 1 rings (SSSR count). The summed E-state index contributed by atoms with van der Waals surface area (Å²) in [5, 5.41) is 0. The Morgan fingerprint density at radius 1 is 1.36 bits per heavy atom. The van der Waals surface area contributed by atoms with E-state index in [4.69, 9.17) is 0 Å². The topological polar surface area (TPSA) is 0 Å². The quantitative estimate of drug-likeness (QED) is 0.616. The molecule has 0 saturated heterocycles. The molecule has 11 heavy (non-hydrogen) atoms. The first kappa shape index (κ1) is 9.57. The van der Waals surface area contributed by atoms with E-state index in [1.165, 1.54) is 32.1 Å². The first-order valence-electron chi connectivity index (χ1n) is 4.82. The maximum atomic E-state index is 3.72. The van der Waals surface area contributed by atoms with Gasteiger partial charge >= 0.3 is 0 Å². The van der Waals surface area contributed by atoms with Gasteiger partial charge in [-0.25, -0.2) is 0 Å². The Labute approximate surface area is 78.9 Å². The van der Waals surface area contributed by atoms with Gasteiger partial charge in [0.05, 0.1) is 0 Å². The summed E-state index contributed by atoms with van der Waals surface area (Å²) < 4.78 is 0. The van der Waals surface area contributed by atoms with Gasteiger partial charge in [0, 0.05) is 4.83 Å². The molecule has 1 heteroatoms. The molecule has 1 saturated carbocycles. The van der Waals surface area contributed by atoms with Crippen LogP contribution in [0.2, 0.25) is 0 Å². The molecule has 0 spiro atoms. The van der Waals surface area contributed by atoms with Crippen molar-refractivity contribution in [2.45, 2.75) is 50.8 Å². The summed E-state index contributed by atoms with van der Waals surface area (Å²) in [5.41, 5.74) is 0. The predicted octanol–water partition coefficient (Wildman–Crippen LogP) is 3.99. The Bertz CT molecular complexity index is 107. The first-order valence-corrected chi connectivity index (χ1v) is 5.74. The van der Waals surface area contributed by atoms with Gasteiger partial charge in [-0.15, -0.1) is 0 Å². The average molecular weight is 219 g/mol. The van der Waals surface area contributed by atoms with Crippen LogP contribution in [0.1, 0.15) is 46.0 Å². The molecule has 66 valence electrons. The van der Waals surface area contributed by atoms with Gasteiger partial charge in [0.25, 0.3) is 0 Å². The highest BCUT2D eigenvalue weighted by Crippen LogP contribution is 2.32. The van der Waals surface area contributed by atoms with Crippen molar-refractivity contribution in [1.82, 2.24) is 0 Å². The molecule has 0 radical (unpaired) electrons. The van der Waals surface area contributed by atoms with Crippen LogP contribution in [0, 0.1) is 11.8 Å². The Morgan fingerprint density at radius 3 is 2.64 bits per heavy atom. The molecular formula is C10H19Br. The molecule has 0 aromatic heterocycles. The molecule has 0 aromatic rings. The zero-order valence-electron chi connectivity index (χ0n) is 7.65. The molecule has 0 bridgehead atoms. The van der Waals surface area contributed by atoms with E-state index in [2.05, 4.69) is 29.8 Å². The minimum absolute atomic E-state index is 0.819. The lowest BCUT2D eigenvalue weighted by Crippen LogP contribution is -2.16. The van der Waals surface area contributed by atoms with Gasteiger partial charge in [-0.1, -0.05) is 42.6 Å². The summed E-state index contributed by atoms with van der Waals surface area (Å²) in [6.07, 6.45) is 7.16. The lowest BCUT2D eigenvalue weighted by molar-refractivity contribution is 0.313. The van der Waals surface area contributed by atoms with Crippen LogP contribution in [0.25, 0.3) is 0 Å². The number of halogens is 1. The lowest BCUT2D eigenvalue weighted by atomic mass is 9.84. The van der Waals surface area contributed by atoms with E-state index < -0.39 is 0 Å². The highest BCUT2D eigenvalue weighted by atomic mass is 79.9. The molecule has 0 N–H and O–H groups in total. The minimum atomic E-state index is 0.819. The second-order valence-corrected chi connectivity index (χ2v) is 5.55. The van der Waals surface area contributed by atoms with Crippen molar-refractivity contribution in [3.05, 3.63) is 0 Å². The number of hydrogen-bond acceptors (Lipinski definition) is 0. The summed E-state index contributed by atoms with van der Waals surface area (Å²) >= 11 is 3.72. The second-order valence-electron chi connectivity index (χ2n) is 4.26. The van der Waals surface area contributed by atoms with Crippen molar-refractivity contribution in [3.8, 4) is 0 Å². The molecule has 1 fully saturated rings. The van der Waals surface area contributed by atoms with Crippen molar-refractivity contribution in [2.75, 3.05) is 0 Å². The Morgan fingerprint density at radius 2 is 2.09 bits per heavy atom. The summed E-state index contributed by atoms with van der Waals surface area (Å²) in [5.74, 6) is 1.89. The van der Waals surface area contributed by atoms with Crippen molar-refractivity contribution < 1.29 is 0 Å². The smallest absolute Gasteiger partial charge is 0.0148 e. The molecule has 0 nitrogen and oxygen atoms in total. The maximum Gasteiger partial charge on any atom is 0.0148 e. The monoisotopic (exact) mass is 218 g/mol.